The van der Waals surface area contributed by atoms with Crippen LogP contribution < -0.4 is 4.90 Å². The van der Waals surface area contributed by atoms with Gasteiger partial charge < -0.3 is 9.69 Å². The van der Waals surface area contributed by atoms with Gasteiger partial charge in [-0.2, -0.15) is 0 Å². The van der Waals surface area contributed by atoms with Crippen molar-refractivity contribution in [3.8, 4) is 0 Å². The van der Waals surface area contributed by atoms with Crippen LogP contribution in [-0.2, 0) is 4.79 Å². The summed E-state index contributed by atoms with van der Waals surface area (Å²) in [6.45, 7) is 7.23. The van der Waals surface area contributed by atoms with Crippen molar-refractivity contribution < 1.29 is 4.79 Å². The standard InChI is InChI=1S/C11H17N3O/c1-4-14(7-8-15)11-12-6-5-10(13-11)9(2)3/h5-6,8-9H,4,7H2,1-3H3. The van der Waals surface area contributed by atoms with Crippen molar-refractivity contribution in [3.05, 3.63) is 18.0 Å². The molecule has 0 aliphatic rings. The monoisotopic (exact) mass is 207 g/mol. The number of rotatable bonds is 5. The molecular weight excluding hydrogens is 190 g/mol. The first kappa shape index (κ1) is 11.6. The molecule has 0 aromatic carbocycles. The molecule has 1 aromatic rings. The average Bonchev–Trinajstić information content (AvgIpc) is 2.26. The molecule has 0 unspecified atom stereocenters. The molecule has 0 saturated carbocycles. The van der Waals surface area contributed by atoms with E-state index in [2.05, 4.69) is 23.8 Å². The zero-order valence-electron chi connectivity index (χ0n) is 9.47. The van der Waals surface area contributed by atoms with Crippen molar-refractivity contribution in [3.63, 3.8) is 0 Å². The lowest BCUT2D eigenvalue weighted by Gasteiger charge is -2.18. The fourth-order valence-electron chi connectivity index (χ4n) is 1.28. The second-order valence-electron chi connectivity index (χ2n) is 3.64. The van der Waals surface area contributed by atoms with Crippen LogP contribution in [0.25, 0.3) is 0 Å². The quantitative estimate of drug-likeness (QED) is 0.688. The van der Waals surface area contributed by atoms with E-state index in [1.807, 2.05) is 17.9 Å². The maximum Gasteiger partial charge on any atom is 0.225 e. The van der Waals surface area contributed by atoms with E-state index in [1.54, 1.807) is 6.20 Å². The second-order valence-corrected chi connectivity index (χ2v) is 3.64. The van der Waals surface area contributed by atoms with Gasteiger partial charge in [0.15, 0.2) is 0 Å². The molecule has 0 amide bonds. The van der Waals surface area contributed by atoms with Gasteiger partial charge in [-0.1, -0.05) is 13.8 Å². The van der Waals surface area contributed by atoms with Gasteiger partial charge in [0.2, 0.25) is 5.95 Å². The predicted octanol–water partition coefficient (Wildman–Crippen LogP) is 1.63. The highest BCUT2D eigenvalue weighted by Crippen LogP contribution is 2.13. The first-order chi connectivity index (χ1) is 7.19. The van der Waals surface area contributed by atoms with E-state index in [0.717, 1.165) is 18.5 Å². The number of carbonyl (C=O) groups is 1. The lowest BCUT2D eigenvalue weighted by molar-refractivity contribution is -0.106. The van der Waals surface area contributed by atoms with Crippen molar-refractivity contribution in [1.82, 2.24) is 9.97 Å². The molecular formula is C11H17N3O. The van der Waals surface area contributed by atoms with Crippen molar-refractivity contribution in [2.24, 2.45) is 0 Å². The van der Waals surface area contributed by atoms with Crippen LogP contribution in [0.1, 0.15) is 32.4 Å². The summed E-state index contributed by atoms with van der Waals surface area (Å²) in [5.41, 5.74) is 1.00. The summed E-state index contributed by atoms with van der Waals surface area (Å²) < 4.78 is 0. The average molecular weight is 207 g/mol. The summed E-state index contributed by atoms with van der Waals surface area (Å²) in [6, 6.07) is 1.91. The third-order valence-electron chi connectivity index (χ3n) is 2.22. The fraction of sp³-hybridized carbons (Fsp3) is 0.545. The van der Waals surface area contributed by atoms with Crippen LogP contribution in [0.2, 0.25) is 0 Å². The van der Waals surface area contributed by atoms with Gasteiger partial charge in [-0.15, -0.1) is 0 Å². The molecule has 0 N–H and O–H groups in total. The molecule has 0 atom stereocenters. The minimum Gasteiger partial charge on any atom is -0.334 e. The Morgan fingerprint density at radius 1 is 1.53 bits per heavy atom. The topological polar surface area (TPSA) is 46.1 Å². The van der Waals surface area contributed by atoms with Crippen LogP contribution in [0.3, 0.4) is 0 Å². The van der Waals surface area contributed by atoms with Gasteiger partial charge in [0.1, 0.15) is 6.29 Å². The van der Waals surface area contributed by atoms with Crippen LogP contribution >= 0.6 is 0 Å². The summed E-state index contributed by atoms with van der Waals surface area (Å²) >= 11 is 0. The second kappa shape index (κ2) is 5.44. The zero-order chi connectivity index (χ0) is 11.3. The highest BCUT2D eigenvalue weighted by Gasteiger charge is 2.08. The van der Waals surface area contributed by atoms with Crippen molar-refractivity contribution >= 4 is 12.2 Å². The molecule has 0 spiro atoms. The number of carbonyl (C=O) groups excluding carboxylic acids is 1. The minimum absolute atomic E-state index is 0.345. The first-order valence-electron chi connectivity index (χ1n) is 5.20. The Kier molecular flexibility index (Phi) is 4.21. The van der Waals surface area contributed by atoms with Crippen molar-refractivity contribution in [2.45, 2.75) is 26.7 Å². The minimum atomic E-state index is 0.345. The lowest BCUT2D eigenvalue weighted by atomic mass is 10.1. The first-order valence-corrected chi connectivity index (χ1v) is 5.20. The molecule has 0 saturated heterocycles. The maximum atomic E-state index is 10.5. The maximum absolute atomic E-state index is 10.5. The predicted molar refractivity (Wildman–Crippen MR) is 60.1 cm³/mol. The van der Waals surface area contributed by atoms with E-state index in [0.29, 0.717) is 18.4 Å². The molecule has 0 radical (unpaired) electrons. The Morgan fingerprint density at radius 2 is 2.27 bits per heavy atom. The van der Waals surface area contributed by atoms with Gasteiger partial charge in [0, 0.05) is 18.4 Å². The molecule has 0 aliphatic carbocycles. The zero-order valence-corrected chi connectivity index (χ0v) is 9.47. The normalized spacial score (nSPS) is 10.4. The molecule has 0 bridgehead atoms. The third kappa shape index (κ3) is 3.01. The summed E-state index contributed by atoms with van der Waals surface area (Å²) in [5.74, 6) is 1.01. The third-order valence-corrected chi connectivity index (χ3v) is 2.22. The molecule has 82 valence electrons. The van der Waals surface area contributed by atoms with E-state index >= 15 is 0 Å². The van der Waals surface area contributed by atoms with E-state index in [1.165, 1.54) is 0 Å². The van der Waals surface area contributed by atoms with E-state index in [4.69, 9.17) is 0 Å². The van der Waals surface area contributed by atoms with E-state index < -0.39 is 0 Å². The van der Waals surface area contributed by atoms with E-state index in [9.17, 15) is 4.79 Å². The molecule has 0 aliphatic heterocycles. The van der Waals surface area contributed by atoms with Crippen LogP contribution in [0.15, 0.2) is 12.3 Å². The van der Waals surface area contributed by atoms with E-state index in [-0.39, 0.29) is 0 Å². The van der Waals surface area contributed by atoms with Gasteiger partial charge in [0.25, 0.3) is 0 Å². The molecule has 0 fully saturated rings. The van der Waals surface area contributed by atoms with Gasteiger partial charge in [-0.3, -0.25) is 0 Å². The van der Waals surface area contributed by atoms with Gasteiger partial charge in [-0.25, -0.2) is 9.97 Å². The van der Waals surface area contributed by atoms with Crippen molar-refractivity contribution in [2.75, 3.05) is 18.0 Å². The summed E-state index contributed by atoms with van der Waals surface area (Å²) in [4.78, 5) is 20.9. The van der Waals surface area contributed by atoms with Crippen LogP contribution in [0.4, 0.5) is 5.95 Å². The number of likely N-dealkylation sites (N-methyl/N-ethyl adjacent to an activating group) is 1. The van der Waals surface area contributed by atoms with Gasteiger partial charge in [-0.05, 0) is 18.9 Å². The number of hydrogen-bond acceptors (Lipinski definition) is 4. The molecule has 1 rings (SSSR count). The number of anilines is 1. The SMILES string of the molecule is CCN(CC=O)c1nccc(C(C)C)n1. The molecule has 4 nitrogen and oxygen atoms in total. The highest BCUT2D eigenvalue weighted by molar-refractivity contribution is 5.58. The number of hydrogen-bond donors (Lipinski definition) is 0. The highest BCUT2D eigenvalue weighted by atomic mass is 16.1. The molecule has 15 heavy (non-hydrogen) atoms. The number of nitrogens with zero attached hydrogens (tertiary/aromatic N) is 3. The molecule has 1 heterocycles. The van der Waals surface area contributed by atoms with Crippen molar-refractivity contribution in [1.29, 1.82) is 0 Å². The van der Waals surface area contributed by atoms with Crippen LogP contribution in [0, 0.1) is 0 Å². The Bertz CT molecular complexity index is 325. The summed E-state index contributed by atoms with van der Waals surface area (Å²) in [5, 5.41) is 0. The largest absolute Gasteiger partial charge is 0.334 e. The van der Waals surface area contributed by atoms with Gasteiger partial charge >= 0.3 is 0 Å². The summed E-state index contributed by atoms with van der Waals surface area (Å²) in [7, 11) is 0. The van der Waals surface area contributed by atoms with Gasteiger partial charge in [0.05, 0.1) is 6.54 Å². The Labute approximate surface area is 90.3 Å². The number of aromatic nitrogens is 2. The summed E-state index contributed by atoms with van der Waals surface area (Å²) in [6.07, 6.45) is 2.61. The lowest BCUT2D eigenvalue weighted by Crippen LogP contribution is -2.27. The fourth-order valence-corrected chi connectivity index (χ4v) is 1.28. The molecule has 4 heteroatoms. The Hall–Kier alpha value is -1.45. The molecule has 1 aromatic heterocycles. The Balaban J connectivity index is 2.92. The van der Waals surface area contributed by atoms with Crippen LogP contribution in [0.5, 0.6) is 0 Å². The number of aldehydes is 1. The Morgan fingerprint density at radius 3 is 2.80 bits per heavy atom. The van der Waals surface area contributed by atoms with Crippen LogP contribution in [-0.4, -0.2) is 29.3 Å². The smallest absolute Gasteiger partial charge is 0.225 e.